The first kappa shape index (κ1) is 8.96. The maximum absolute atomic E-state index is 10.4. The van der Waals surface area contributed by atoms with E-state index in [4.69, 9.17) is 0 Å². The van der Waals surface area contributed by atoms with E-state index in [0.717, 1.165) is 5.69 Å². The van der Waals surface area contributed by atoms with E-state index >= 15 is 0 Å². The van der Waals surface area contributed by atoms with Crippen molar-refractivity contribution in [3.05, 3.63) is 37.0 Å². The predicted octanol–water partition coefficient (Wildman–Crippen LogP) is 1.48. The maximum atomic E-state index is 10.4. The molecule has 0 spiro atoms. The molecule has 3 nitrogen and oxygen atoms in total. The molecule has 0 saturated carbocycles. The van der Waals surface area contributed by atoms with Gasteiger partial charge in [-0.1, -0.05) is 6.58 Å². The number of hydrogen-bond acceptors (Lipinski definition) is 3. The fourth-order valence-electron chi connectivity index (χ4n) is 0.780. The average molecular weight is 182 g/mol. The third-order valence-corrected chi connectivity index (χ3v) is 1.97. The average Bonchev–Trinajstić information content (AvgIpc) is 2.06. The highest BCUT2D eigenvalue weighted by molar-refractivity contribution is 7.79. The third kappa shape index (κ3) is 2.18. The summed E-state index contributed by atoms with van der Waals surface area (Å²) in [6, 6.07) is 6.39. The largest absolute Gasteiger partial charge is 0.768 e. The molecule has 0 aliphatic carbocycles. The second-order valence-corrected chi connectivity index (χ2v) is 3.05. The van der Waals surface area contributed by atoms with Crippen LogP contribution in [0.1, 0.15) is 0 Å². The van der Waals surface area contributed by atoms with Crippen molar-refractivity contribution >= 4 is 16.8 Å². The molecule has 1 N–H and O–H groups in total. The second kappa shape index (κ2) is 4.04. The van der Waals surface area contributed by atoms with Crippen molar-refractivity contribution in [2.45, 2.75) is 4.90 Å². The van der Waals surface area contributed by atoms with Crippen LogP contribution >= 0.6 is 0 Å². The van der Waals surface area contributed by atoms with Gasteiger partial charge in [0.1, 0.15) is 0 Å². The molecule has 0 radical (unpaired) electrons. The van der Waals surface area contributed by atoms with E-state index in [-0.39, 0.29) is 4.90 Å². The Kier molecular flexibility index (Phi) is 3.01. The highest BCUT2D eigenvalue weighted by atomic mass is 32.2. The molecule has 12 heavy (non-hydrogen) atoms. The van der Waals surface area contributed by atoms with Crippen LogP contribution in [0.5, 0.6) is 0 Å². The Labute approximate surface area is 73.4 Å². The van der Waals surface area contributed by atoms with E-state index in [9.17, 15) is 8.76 Å². The summed E-state index contributed by atoms with van der Waals surface area (Å²) in [5.74, 6) is 0. The highest BCUT2D eigenvalue weighted by Gasteiger charge is 1.91. The van der Waals surface area contributed by atoms with Crippen molar-refractivity contribution in [3.8, 4) is 0 Å². The minimum absolute atomic E-state index is 0.282. The zero-order chi connectivity index (χ0) is 8.97. The quantitative estimate of drug-likeness (QED) is 0.720. The summed E-state index contributed by atoms with van der Waals surface area (Å²) in [4.78, 5) is 0.282. The van der Waals surface area contributed by atoms with Crippen LogP contribution in [0.4, 0.5) is 5.69 Å². The van der Waals surface area contributed by atoms with Crippen LogP contribution in [0.25, 0.3) is 0 Å². The van der Waals surface area contributed by atoms with Gasteiger partial charge in [0.25, 0.3) is 0 Å². The van der Waals surface area contributed by atoms with Crippen LogP contribution in [0.15, 0.2) is 41.9 Å². The van der Waals surface area contributed by atoms with Gasteiger partial charge in [-0.2, -0.15) is 0 Å². The summed E-state index contributed by atoms with van der Waals surface area (Å²) in [6.07, 6.45) is 1.53. The zero-order valence-corrected chi connectivity index (χ0v) is 7.14. The molecular formula is C8H8NO2S-. The van der Waals surface area contributed by atoms with Gasteiger partial charge >= 0.3 is 0 Å². The predicted molar refractivity (Wildman–Crippen MR) is 47.4 cm³/mol. The normalized spacial score (nSPS) is 12.1. The fraction of sp³-hybridized carbons (Fsp3) is 0. The molecule has 1 rings (SSSR count). The monoisotopic (exact) mass is 182 g/mol. The summed E-state index contributed by atoms with van der Waals surface area (Å²) in [5, 5.41) is 2.84. The van der Waals surface area contributed by atoms with Gasteiger partial charge in [0.15, 0.2) is 0 Å². The lowest BCUT2D eigenvalue weighted by atomic mass is 10.3. The first-order valence-corrected chi connectivity index (χ1v) is 4.38. The Bertz CT molecular complexity index is 294. The van der Waals surface area contributed by atoms with Gasteiger partial charge in [0.05, 0.1) is 0 Å². The van der Waals surface area contributed by atoms with Crippen LogP contribution < -0.4 is 5.32 Å². The lowest BCUT2D eigenvalue weighted by Crippen LogP contribution is -1.90. The molecule has 0 amide bonds. The number of anilines is 1. The van der Waals surface area contributed by atoms with E-state index < -0.39 is 11.1 Å². The van der Waals surface area contributed by atoms with E-state index in [2.05, 4.69) is 11.9 Å². The fourth-order valence-corrected chi connectivity index (χ4v) is 1.14. The summed E-state index contributed by atoms with van der Waals surface area (Å²) in [7, 11) is 0. The molecule has 0 bridgehead atoms. The molecule has 0 aromatic heterocycles. The van der Waals surface area contributed by atoms with Crippen LogP contribution in [-0.2, 0) is 11.1 Å². The summed E-state index contributed by atoms with van der Waals surface area (Å²) < 4.78 is 20.9. The van der Waals surface area contributed by atoms with Crippen LogP contribution in [0, 0.1) is 0 Å². The van der Waals surface area contributed by atoms with E-state index in [1.165, 1.54) is 18.3 Å². The van der Waals surface area contributed by atoms with Crippen molar-refractivity contribution in [2.24, 2.45) is 0 Å². The van der Waals surface area contributed by atoms with Crippen molar-refractivity contribution in [3.63, 3.8) is 0 Å². The molecule has 4 heteroatoms. The molecule has 0 fully saturated rings. The lowest BCUT2D eigenvalue weighted by Gasteiger charge is -2.05. The van der Waals surface area contributed by atoms with Gasteiger partial charge in [-0.3, -0.25) is 4.21 Å². The molecule has 64 valence electrons. The Balaban J connectivity index is 2.85. The summed E-state index contributed by atoms with van der Waals surface area (Å²) >= 11 is -2.14. The second-order valence-electron chi connectivity index (χ2n) is 2.11. The van der Waals surface area contributed by atoms with Gasteiger partial charge in [-0.25, -0.2) is 0 Å². The Morgan fingerprint density at radius 1 is 1.42 bits per heavy atom. The van der Waals surface area contributed by atoms with Crippen molar-refractivity contribution in [2.75, 3.05) is 5.32 Å². The van der Waals surface area contributed by atoms with E-state index in [0.29, 0.717) is 0 Å². The standard InChI is InChI=1S/C8H9NO2S/c1-2-9-7-3-5-8(6-4-7)12(10)11/h2-6,9H,1H2,(H,10,11)/p-1. The first-order chi connectivity index (χ1) is 5.74. The van der Waals surface area contributed by atoms with Crippen molar-refractivity contribution in [1.82, 2.24) is 0 Å². The van der Waals surface area contributed by atoms with Crippen molar-refractivity contribution < 1.29 is 8.76 Å². The Hall–Kier alpha value is -1.13. The Morgan fingerprint density at radius 2 is 2.00 bits per heavy atom. The van der Waals surface area contributed by atoms with Gasteiger partial charge < -0.3 is 9.87 Å². The van der Waals surface area contributed by atoms with E-state index in [1.54, 1.807) is 12.1 Å². The molecule has 1 unspecified atom stereocenters. The van der Waals surface area contributed by atoms with Crippen LogP contribution in [-0.4, -0.2) is 8.76 Å². The topological polar surface area (TPSA) is 52.2 Å². The smallest absolute Gasteiger partial charge is 0.0380 e. The molecule has 0 saturated heterocycles. The minimum atomic E-state index is -2.14. The Morgan fingerprint density at radius 3 is 2.42 bits per heavy atom. The first-order valence-electron chi connectivity index (χ1n) is 3.31. The number of nitrogens with one attached hydrogen (secondary N) is 1. The number of rotatable bonds is 3. The molecule has 1 aromatic carbocycles. The molecule has 1 aromatic rings. The highest BCUT2D eigenvalue weighted by Crippen LogP contribution is 2.11. The van der Waals surface area contributed by atoms with Crippen LogP contribution in [0.3, 0.4) is 0 Å². The number of benzene rings is 1. The lowest BCUT2D eigenvalue weighted by molar-refractivity contribution is 0.537. The third-order valence-electron chi connectivity index (χ3n) is 1.32. The maximum Gasteiger partial charge on any atom is 0.0380 e. The minimum Gasteiger partial charge on any atom is -0.768 e. The number of hydrogen-bond donors (Lipinski definition) is 1. The van der Waals surface area contributed by atoms with Gasteiger partial charge in [-0.05, 0) is 41.5 Å². The zero-order valence-electron chi connectivity index (χ0n) is 6.32. The van der Waals surface area contributed by atoms with Gasteiger partial charge in [-0.15, -0.1) is 0 Å². The van der Waals surface area contributed by atoms with Crippen molar-refractivity contribution in [1.29, 1.82) is 0 Å². The van der Waals surface area contributed by atoms with Crippen LogP contribution in [0.2, 0.25) is 0 Å². The summed E-state index contributed by atoms with van der Waals surface area (Å²) in [5.41, 5.74) is 0.819. The molecular weight excluding hydrogens is 174 g/mol. The molecule has 0 aliphatic heterocycles. The molecule has 0 heterocycles. The van der Waals surface area contributed by atoms with Gasteiger partial charge in [0.2, 0.25) is 0 Å². The SMILES string of the molecule is C=CNc1ccc(S(=O)[O-])cc1. The molecule has 1 atom stereocenters. The summed E-state index contributed by atoms with van der Waals surface area (Å²) in [6.45, 7) is 3.48. The van der Waals surface area contributed by atoms with E-state index in [1.807, 2.05) is 0 Å². The molecule has 0 aliphatic rings. The van der Waals surface area contributed by atoms with Gasteiger partial charge in [0, 0.05) is 10.6 Å².